The molecule has 0 fully saturated rings. The van der Waals surface area contributed by atoms with Crippen LogP contribution in [0.2, 0.25) is 0 Å². The van der Waals surface area contributed by atoms with Crippen LogP contribution in [0.5, 0.6) is 11.6 Å². The second-order valence-electron chi connectivity index (χ2n) is 4.66. The van der Waals surface area contributed by atoms with E-state index in [4.69, 9.17) is 4.74 Å². The molecule has 2 heterocycles. The van der Waals surface area contributed by atoms with E-state index in [1.165, 1.54) is 0 Å². The summed E-state index contributed by atoms with van der Waals surface area (Å²) in [6.07, 6.45) is 1.73. The Kier molecular flexibility index (Phi) is 3.40. The third-order valence-electron chi connectivity index (χ3n) is 3.03. The average Bonchev–Trinajstić information content (AvgIpc) is 2.42. The van der Waals surface area contributed by atoms with Crippen molar-refractivity contribution in [2.75, 3.05) is 0 Å². The third-order valence-corrected chi connectivity index (χ3v) is 3.46. The van der Waals surface area contributed by atoms with E-state index in [-0.39, 0.29) is 0 Å². The van der Waals surface area contributed by atoms with Crippen molar-refractivity contribution in [2.24, 2.45) is 0 Å². The summed E-state index contributed by atoms with van der Waals surface area (Å²) in [7, 11) is 0. The Labute approximate surface area is 125 Å². The summed E-state index contributed by atoms with van der Waals surface area (Å²) < 4.78 is 6.88. The predicted octanol–water partition coefficient (Wildman–Crippen LogP) is 4.80. The van der Waals surface area contributed by atoms with E-state index in [9.17, 15) is 0 Å². The van der Waals surface area contributed by atoms with E-state index in [1.807, 2.05) is 50.2 Å². The molecule has 0 atom stereocenters. The molecule has 0 spiro atoms. The number of ether oxygens (including phenoxy) is 1. The Morgan fingerprint density at radius 2 is 1.95 bits per heavy atom. The van der Waals surface area contributed by atoms with Crippen LogP contribution in [-0.2, 0) is 0 Å². The Morgan fingerprint density at radius 3 is 2.75 bits per heavy atom. The molecule has 20 heavy (non-hydrogen) atoms. The van der Waals surface area contributed by atoms with Crippen molar-refractivity contribution in [3.8, 4) is 11.6 Å². The molecule has 0 aliphatic heterocycles. The highest BCUT2D eigenvalue weighted by molar-refractivity contribution is 9.10. The Morgan fingerprint density at radius 1 is 1.10 bits per heavy atom. The van der Waals surface area contributed by atoms with Gasteiger partial charge in [-0.1, -0.05) is 18.2 Å². The van der Waals surface area contributed by atoms with Gasteiger partial charge in [0.1, 0.15) is 5.52 Å². The molecular formula is C16H13BrN2O. The van der Waals surface area contributed by atoms with Crippen LogP contribution in [-0.4, -0.2) is 9.97 Å². The van der Waals surface area contributed by atoms with Crippen LogP contribution in [0.1, 0.15) is 11.3 Å². The number of aromatic nitrogens is 2. The largest absolute Gasteiger partial charge is 0.436 e. The summed E-state index contributed by atoms with van der Waals surface area (Å²) in [5.41, 5.74) is 2.80. The molecule has 0 radical (unpaired) electrons. The first-order chi connectivity index (χ1) is 9.63. The van der Waals surface area contributed by atoms with Crippen molar-refractivity contribution in [2.45, 2.75) is 13.8 Å². The van der Waals surface area contributed by atoms with Gasteiger partial charge in [0.25, 0.3) is 0 Å². The van der Waals surface area contributed by atoms with Gasteiger partial charge in [-0.25, -0.2) is 9.97 Å². The van der Waals surface area contributed by atoms with Gasteiger partial charge in [0.15, 0.2) is 5.75 Å². The van der Waals surface area contributed by atoms with Crippen LogP contribution in [0.15, 0.2) is 47.1 Å². The smallest absolute Gasteiger partial charge is 0.222 e. The number of aryl methyl sites for hydroxylation is 2. The maximum atomic E-state index is 5.94. The summed E-state index contributed by atoms with van der Waals surface area (Å²) in [6.45, 7) is 3.94. The minimum absolute atomic E-state index is 0.601. The van der Waals surface area contributed by atoms with Crippen molar-refractivity contribution in [3.63, 3.8) is 0 Å². The minimum Gasteiger partial charge on any atom is -0.436 e. The van der Waals surface area contributed by atoms with Gasteiger partial charge >= 0.3 is 0 Å². The number of nitrogens with zero attached hydrogens (tertiary/aromatic N) is 2. The molecule has 0 N–H and O–H groups in total. The Bertz CT molecular complexity index is 787. The second-order valence-corrected chi connectivity index (χ2v) is 5.57. The zero-order chi connectivity index (χ0) is 14.1. The van der Waals surface area contributed by atoms with E-state index < -0.39 is 0 Å². The molecule has 1 aromatic carbocycles. The van der Waals surface area contributed by atoms with Gasteiger partial charge in [0, 0.05) is 27.3 Å². The predicted molar refractivity (Wildman–Crippen MR) is 83.2 cm³/mol. The molecule has 0 saturated heterocycles. The van der Waals surface area contributed by atoms with Gasteiger partial charge in [-0.15, -0.1) is 0 Å². The molecule has 0 aliphatic carbocycles. The molecule has 0 saturated carbocycles. The van der Waals surface area contributed by atoms with Crippen LogP contribution in [0.3, 0.4) is 0 Å². The number of benzene rings is 1. The van der Waals surface area contributed by atoms with Gasteiger partial charge < -0.3 is 4.74 Å². The topological polar surface area (TPSA) is 35.0 Å². The normalized spacial score (nSPS) is 10.8. The minimum atomic E-state index is 0.601. The summed E-state index contributed by atoms with van der Waals surface area (Å²) in [5, 5.41) is 1.06. The summed E-state index contributed by atoms with van der Waals surface area (Å²) in [6, 6.07) is 11.9. The van der Waals surface area contributed by atoms with E-state index in [2.05, 4.69) is 25.9 Å². The molecular weight excluding hydrogens is 316 g/mol. The molecule has 3 nitrogen and oxygen atoms in total. The first-order valence-electron chi connectivity index (χ1n) is 6.30. The van der Waals surface area contributed by atoms with Gasteiger partial charge in [-0.05, 0) is 48.0 Å². The van der Waals surface area contributed by atoms with Gasteiger partial charge in [-0.3, -0.25) is 0 Å². The van der Waals surface area contributed by atoms with E-state index in [1.54, 1.807) is 6.20 Å². The lowest BCUT2D eigenvalue weighted by molar-refractivity contribution is 0.463. The molecule has 0 unspecified atom stereocenters. The summed E-state index contributed by atoms with van der Waals surface area (Å²) in [4.78, 5) is 8.86. The lowest BCUT2D eigenvalue weighted by atomic mass is 10.2. The van der Waals surface area contributed by atoms with Gasteiger partial charge in [0.2, 0.25) is 5.88 Å². The highest BCUT2D eigenvalue weighted by Gasteiger charge is 2.08. The van der Waals surface area contributed by atoms with E-state index in [0.29, 0.717) is 5.88 Å². The maximum Gasteiger partial charge on any atom is 0.222 e. The monoisotopic (exact) mass is 328 g/mol. The number of halogens is 1. The van der Waals surface area contributed by atoms with Crippen molar-refractivity contribution in [1.82, 2.24) is 9.97 Å². The van der Waals surface area contributed by atoms with E-state index >= 15 is 0 Å². The highest BCUT2D eigenvalue weighted by Crippen LogP contribution is 2.30. The number of pyridine rings is 2. The number of hydrogen-bond donors (Lipinski definition) is 0. The maximum absolute atomic E-state index is 5.94. The fourth-order valence-electron chi connectivity index (χ4n) is 2.04. The lowest BCUT2D eigenvalue weighted by Crippen LogP contribution is -1.93. The first-order valence-corrected chi connectivity index (χ1v) is 7.09. The average molecular weight is 329 g/mol. The lowest BCUT2D eigenvalue weighted by Gasteiger charge is -2.10. The number of rotatable bonds is 2. The van der Waals surface area contributed by atoms with Crippen molar-refractivity contribution in [3.05, 3.63) is 58.3 Å². The fraction of sp³-hybridized carbons (Fsp3) is 0.125. The van der Waals surface area contributed by atoms with Crippen LogP contribution < -0.4 is 4.74 Å². The van der Waals surface area contributed by atoms with Crippen LogP contribution in [0, 0.1) is 13.8 Å². The molecule has 0 amide bonds. The number of fused-ring (bicyclic) bond motifs is 1. The SMILES string of the molecule is Cc1ccc2cccc(Oc3ncc(Br)cc3C)c2n1. The molecule has 4 heteroatoms. The molecule has 0 bridgehead atoms. The first kappa shape index (κ1) is 13.1. The van der Waals surface area contributed by atoms with Crippen LogP contribution >= 0.6 is 15.9 Å². The fourth-order valence-corrected chi connectivity index (χ4v) is 2.48. The molecule has 0 aliphatic rings. The van der Waals surface area contributed by atoms with Crippen molar-refractivity contribution < 1.29 is 4.74 Å². The summed E-state index contributed by atoms with van der Waals surface area (Å²) >= 11 is 3.40. The second kappa shape index (κ2) is 5.21. The number of para-hydroxylation sites is 1. The molecule has 3 aromatic rings. The van der Waals surface area contributed by atoms with Gasteiger partial charge in [-0.2, -0.15) is 0 Å². The van der Waals surface area contributed by atoms with Gasteiger partial charge in [0.05, 0.1) is 0 Å². The molecule has 2 aromatic heterocycles. The highest BCUT2D eigenvalue weighted by atomic mass is 79.9. The Balaban J connectivity index is 2.08. The summed E-state index contributed by atoms with van der Waals surface area (Å²) in [5.74, 6) is 1.33. The standard InChI is InChI=1S/C16H13BrN2O/c1-10-8-13(17)9-18-16(10)20-14-5-3-4-12-7-6-11(2)19-15(12)14/h3-9H,1-2H3. The zero-order valence-electron chi connectivity index (χ0n) is 11.2. The zero-order valence-corrected chi connectivity index (χ0v) is 12.8. The Hall–Kier alpha value is -1.94. The molecule has 100 valence electrons. The van der Waals surface area contributed by atoms with Crippen LogP contribution in [0.25, 0.3) is 10.9 Å². The third kappa shape index (κ3) is 2.51. The van der Waals surface area contributed by atoms with Crippen molar-refractivity contribution in [1.29, 1.82) is 0 Å². The van der Waals surface area contributed by atoms with Crippen LogP contribution in [0.4, 0.5) is 0 Å². The molecule has 3 rings (SSSR count). The van der Waals surface area contributed by atoms with Crippen molar-refractivity contribution >= 4 is 26.8 Å². The number of hydrogen-bond acceptors (Lipinski definition) is 3. The van der Waals surface area contributed by atoms with E-state index in [0.717, 1.165) is 32.4 Å². The quantitative estimate of drug-likeness (QED) is 0.677.